The monoisotopic (exact) mass is 520 g/mol. The molecule has 210 valence electrons. The highest BCUT2D eigenvalue weighted by molar-refractivity contribution is 5.94. The molecule has 0 saturated carbocycles. The number of amidine groups is 1. The first kappa shape index (κ1) is 34.7. The molecule has 0 spiro atoms. The number of nitrogens with one attached hydrogen (secondary N) is 2. The topological polar surface area (TPSA) is 79.5 Å². The summed E-state index contributed by atoms with van der Waals surface area (Å²) in [5.41, 5.74) is 12.9. The molecule has 0 atom stereocenters. The number of likely N-dealkylation sites (N-methyl/N-ethyl adjacent to an activating group) is 1. The van der Waals surface area contributed by atoms with Crippen molar-refractivity contribution >= 4 is 12.1 Å². The van der Waals surface area contributed by atoms with Crippen LogP contribution in [0.3, 0.4) is 0 Å². The van der Waals surface area contributed by atoms with Crippen LogP contribution in [0.4, 0.5) is 0 Å². The largest absolute Gasteiger partial charge is 0.388 e. The van der Waals surface area contributed by atoms with E-state index in [2.05, 4.69) is 75.1 Å². The molecule has 0 bridgehead atoms. The van der Waals surface area contributed by atoms with E-state index in [1.54, 1.807) is 6.08 Å². The molecular formula is C33H52N4O. The Kier molecular flexibility index (Phi) is 18.0. The molecule has 0 aliphatic rings. The average molecular weight is 521 g/mol. The second-order valence-corrected chi connectivity index (χ2v) is 9.66. The standard InChI is InChI=1S/C33H52N4O/c1-11-15-16-18-25(7)29(13-3)28(17-12-2)22-30(32(14-4)35-10)31(23-38)27(9)37-33(34)21-26(8)36-20-19-24(5)6/h13-14,16-18,21-24,35-36H,3,11-12,15,19-20H2,1-2,4-10H3,(H2,34,37)/b18-16-,26-21-,28-17-,29-25+,30-22-,31-27+,32-14+. The fourth-order valence-corrected chi connectivity index (χ4v) is 3.84. The summed E-state index contributed by atoms with van der Waals surface area (Å²) in [5.74, 6) is 0.967. The molecule has 0 fully saturated rings. The smallest absolute Gasteiger partial charge is 0.152 e. The summed E-state index contributed by atoms with van der Waals surface area (Å²) >= 11 is 0. The molecule has 0 unspecified atom stereocenters. The number of rotatable bonds is 17. The van der Waals surface area contributed by atoms with E-state index < -0.39 is 0 Å². The van der Waals surface area contributed by atoms with Crippen LogP contribution in [0.5, 0.6) is 0 Å². The maximum atomic E-state index is 12.5. The van der Waals surface area contributed by atoms with E-state index in [0.29, 0.717) is 23.0 Å². The SMILES string of the molecule is C=CC(/C(/C=C(C(/C=O)=C(C)/N=C(N)\C=C(\C)NCCC(C)C)\C(=C/C)NC)=C\CC)=C(C)\C=C/CCC. The van der Waals surface area contributed by atoms with Gasteiger partial charge in [0.05, 0.1) is 5.70 Å². The van der Waals surface area contributed by atoms with Crippen LogP contribution >= 0.6 is 0 Å². The van der Waals surface area contributed by atoms with Crippen LogP contribution in [0.2, 0.25) is 0 Å². The third kappa shape index (κ3) is 12.8. The van der Waals surface area contributed by atoms with Gasteiger partial charge in [-0.15, -0.1) is 0 Å². The molecule has 0 radical (unpaired) electrons. The van der Waals surface area contributed by atoms with Gasteiger partial charge < -0.3 is 16.4 Å². The highest BCUT2D eigenvalue weighted by Crippen LogP contribution is 2.27. The van der Waals surface area contributed by atoms with E-state index in [1.165, 1.54) is 0 Å². The van der Waals surface area contributed by atoms with Gasteiger partial charge in [0, 0.05) is 36.1 Å². The van der Waals surface area contributed by atoms with Crippen molar-refractivity contribution in [3.63, 3.8) is 0 Å². The molecule has 0 aliphatic carbocycles. The van der Waals surface area contributed by atoms with Crippen molar-refractivity contribution in [2.75, 3.05) is 13.6 Å². The lowest BCUT2D eigenvalue weighted by molar-refractivity contribution is -0.104. The first-order valence-electron chi connectivity index (χ1n) is 13.8. The number of unbranched alkanes of at least 4 members (excludes halogenated alkanes) is 1. The molecule has 5 nitrogen and oxygen atoms in total. The Morgan fingerprint density at radius 2 is 1.79 bits per heavy atom. The van der Waals surface area contributed by atoms with Crippen molar-refractivity contribution in [2.24, 2.45) is 16.6 Å². The molecule has 0 aromatic heterocycles. The molecule has 0 aliphatic heterocycles. The maximum Gasteiger partial charge on any atom is 0.152 e. The van der Waals surface area contributed by atoms with Crippen molar-refractivity contribution in [3.8, 4) is 0 Å². The molecule has 4 N–H and O–H groups in total. The molecule has 0 aromatic carbocycles. The highest BCUT2D eigenvalue weighted by atomic mass is 16.1. The molecule has 0 heterocycles. The Labute approximate surface area is 232 Å². The lowest BCUT2D eigenvalue weighted by Gasteiger charge is -2.16. The van der Waals surface area contributed by atoms with Gasteiger partial charge in [-0.3, -0.25) is 4.79 Å². The van der Waals surface area contributed by atoms with E-state index >= 15 is 0 Å². The number of allylic oxidation sites excluding steroid dienone is 12. The molecule has 5 heteroatoms. The number of carbonyl (C=O) groups is 1. The lowest BCUT2D eigenvalue weighted by atomic mass is 9.93. The number of carbonyl (C=O) groups excluding carboxylic acids is 1. The molecular weight excluding hydrogens is 468 g/mol. The summed E-state index contributed by atoms with van der Waals surface area (Å²) in [6.07, 6.45) is 19.0. The van der Waals surface area contributed by atoms with Crippen molar-refractivity contribution in [1.29, 1.82) is 0 Å². The molecule has 0 aromatic rings. The van der Waals surface area contributed by atoms with E-state index in [1.807, 2.05) is 46.0 Å². The first-order valence-corrected chi connectivity index (χ1v) is 13.8. The Bertz CT molecular complexity index is 1030. The second-order valence-electron chi connectivity index (χ2n) is 9.66. The Balaban J connectivity index is 6.82. The van der Waals surface area contributed by atoms with Gasteiger partial charge in [-0.1, -0.05) is 71.1 Å². The third-order valence-corrected chi connectivity index (χ3v) is 5.92. The predicted octanol–water partition coefficient (Wildman–Crippen LogP) is 7.60. The Morgan fingerprint density at radius 1 is 1.11 bits per heavy atom. The normalized spacial score (nSPS) is 15.5. The van der Waals surface area contributed by atoms with Gasteiger partial charge >= 0.3 is 0 Å². The zero-order valence-corrected chi connectivity index (χ0v) is 25.4. The number of nitrogens with two attached hydrogens (primary N) is 1. The number of nitrogens with zero attached hydrogens (tertiary/aromatic N) is 1. The van der Waals surface area contributed by atoms with Crippen molar-refractivity contribution in [1.82, 2.24) is 10.6 Å². The summed E-state index contributed by atoms with van der Waals surface area (Å²) in [6, 6.07) is 0. The van der Waals surface area contributed by atoms with Gasteiger partial charge in [0.25, 0.3) is 0 Å². The Morgan fingerprint density at radius 3 is 2.29 bits per heavy atom. The van der Waals surface area contributed by atoms with Gasteiger partial charge in [-0.25, -0.2) is 4.99 Å². The molecule has 38 heavy (non-hydrogen) atoms. The average Bonchev–Trinajstić information content (AvgIpc) is 2.85. The van der Waals surface area contributed by atoms with Gasteiger partial charge in [0.15, 0.2) is 6.29 Å². The maximum absolute atomic E-state index is 12.5. The summed E-state index contributed by atoms with van der Waals surface area (Å²) in [4.78, 5) is 17.0. The van der Waals surface area contributed by atoms with E-state index in [0.717, 1.165) is 72.2 Å². The summed E-state index contributed by atoms with van der Waals surface area (Å²) < 4.78 is 0. The molecule has 0 saturated heterocycles. The third-order valence-electron chi connectivity index (χ3n) is 5.92. The van der Waals surface area contributed by atoms with Crippen LogP contribution in [0, 0.1) is 5.92 Å². The minimum atomic E-state index is 0.343. The van der Waals surface area contributed by atoms with Crippen molar-refractivity contribution < 1.29 is 4.79 Å². The molecule has 0 amide bonds. The minimum Gasteiger partial charge on any atom is -0.388 e. The number of aldehydes is 1. The summed E-state index contributed by atoms with van der Waals surface area (Å²) in [6.45, 7) is 21.4. The predicted molar refractivity (Wildman–Crippen MR) is 168 cm³/mol. The summed E-state index contributed by atoms with van der Waals surface area (Å²) in [5, 5.41) is 6.59. The fraction of sp³-hybridized carbons (Fsp3) is 0.455. The van der Waals surface area contributed by atoms with Gasteiger partial charge in [-0.2, -0.15) is 0 Å². The van der Waals surface area contributed by atoms with Crippen LogP contribution in [0.15, 0.2) is 99.1 Å². The van der Waals surface area contributed by atoms with Crippen LogP contribution in [0.1, 0.15) is 81.1 Å². The lowest BCUT2D eigenvalue weighted by Crippen LogP contribution is -2.18. The van der Waals surface area contributed by atoms with Crippen LogP contribution in [-0.4, -0.2) is 25.7 Å². The second kappa shape index (κ2) is 19.7. The van der Waals surface area contributed by atoms with E-state index in [-0.39, 0.29) is 0 Å². The fourth-order valence-electron chi connectivity index (χ4n) is 3.84. The van der Waals surface area contributed by atoms with Gasteiger partial charge in [0.1, 0.15) is 5.84 Å². The van der Waals surface area contributed by atoms with Gasteiger partial charge in [0.2, 0.25) is 0 Å². The van der Waals surface area contributed by atoms with Crippen LogP contribution in [-0.2, 0) is 4.79 Å². The number of aliphatic imine (C=N–C) groups is 1. The van der Waals surface area contributed by atoms with Crippen LogP contribution in [0.25, 0.3) is 0 Å². The van der Waals surface area contributed by atoms with Crippen molar-refractivity contribution in [2.45, 2.75) is 81.1 Å². The zero-order chi connectivity index (χ0) is 29.1. The number of hydrogen-bond donors (Lipinski definition) is 3. The zero-order valence-electron chi connectivity index (χ0n) is 25.4. The van der Waals surface area contributed by atoms with E-state index in [4.69, 9.17) is 5.73 Å². The summed E-state index contributed by atoms with van der Waals surface area (Å²) in [7, 11) is 1.85. The van der Waals surface area contributed by atoms with Crippen molar-refractivity contribution in [3.05, 3.63) is 94.1 Å². The molecule has 0 rings (SSSR count). The number of hydrogen-bond acceptors (Lipinski definition) is 4. The minimum absolute atomic E-state index is 0.343. The van der Waals surface area contributed by atoms with Gasteiger partial charge in [-0.05, 0) is 81.7 Å². The Hall–Kier alpha value is -3.34. The van der Waals surface area contributed by atoms with E-state index in [9.17, 15) is 4.79 Å². The van der Waals surface area contributed by atoms with Crippen LogP contribution < -0.4 is 16.4 Å². The first-order chi connectivity index (χ1) is 18.1. The highest BCUT2D eigenvalue weighted by Gasteiger charge is 2.15. The quantitative estimate of drug-likeness (QED) is 0.0606.